The van der Waals surface area contributed by atoms with Gasteiger partial charge in [-0.15, -0.1) is 0 Å². The number of nitrogens with zero attached hydrogens (tertiary/aromatic N) is 2. The van der Waals surface area contributed by atoms with Gasteiger partial charge >= 0.3 is 6.18 Å². The first-order valence-corrected chi connectivity index (χ1v) is 6.75. The molecule has 0 saturated heterocycles. The number of benzene rings is 1. The molecule has 0 saturated carbocycles. The highest BCUT2D eigenvalue weighted by atomic mass is 79.9. The van der Waals surface area contributed by atoms with Crippen LogP contribution in [0, 0.1) is 0 Å². The van der Waals surface area contributed by atoms with Crippen molar-refractivity contribution < 1.29 is 13.2 Å². The number of rotatable bonds is 3. The van der Waals surface area contributed by atoms with Gasteiger partial charge in [0.2, 0.25) is 5.95 Å². The van der Waals surface area contributed by atoms with Gasteiger partial charge in [-0.1, -0.05) is 15.9 Å². The smallest absolute Gasteiger partial charge is 0.353 e. The van der Waals surface area contributed by atoms with Gasteiger partial charge < -0.3 is 5.32 Å². The Morgan fingerprint density at radius 2 is 2.00 bits per heavy atom. The van der Waals surface area contributed by atoms with E-state index in [1.54, 1.807) is 23.0 Å². The monoisotopic (exact) mass is 347 g/mol. The van der Waals surface area contributed by atoms with Crippen molar-refractivity contribution >= 4 is 21.9 Å². The predicted octanol–water partition coefficient (Wildman–Crippen LogP) is 4.47. The summed E-state index contributed by atoms with van der Waals surface area (Å²) in [4.78, 5) is 4.11. The largest absolute Gasteiger partial charge is 0.417 e. The van der Waals surface area contributed by atoms with Crippen LogP contribution < -0.4 is 5.32 Å². The van der Waals surface area contributed by atoms with E-state index in [4.69, 9.17) is 0 Å². The molecule has 0 unspecified atom stereocenters. The Morgan fingerprint density at radius 3 is 2.60 bits per heavy atom. The number of nitrogens with one attached hydrogen (secondary N) is 1. The molecule has 2 aromatic rings. The van der Waals surface area contributed by atoms with E-state index in [-0.39, 0.29) is 10.5 Å². The quantitative estimate of drug-likeness (QED) is 0.887. The van der Waals surface area contributed by atoms with Crippen molar-refractivity contribution in [1.29, 1.82) is 0 Å². The Balaban J connectivity index is 2.47. The molecular weight excluding hydrogens is 335 g/mol. The van der Waals surface area contributed by atoms with Crippen LogP contribution in [0.15, 0.2) is 35.1 Å². The molecule has 108 valence electrons. The second-order valence-electron chi connectivity index (χ2n) is 4.58. The van der Waals surface area contributed by atoms with Crippen LogP contribution in [0.5, 0.6) is 0 Å². The fourth-order valence-electron chi connectivity index (χ4n) is 1.76. The van der Waals surface area contributed by atoms with Crippen LogP contribution in [0.3, 0.4) is 0 Å². The predicted molar refractivity (Wildman–Crippen MR) is 75.0 cm³/mol. The van der Waals surface area contributed by atoms with Crippen LogP contribution in [-0.4, -0.2) is 15.6 Å². The standard InChI is InChI=1S/C13H13BrF3N3/c1-8(2)19-12-18-5-6-20(12)9-3-4-11(14)10(7-9)13(15,16)17/h3-8H,1-2H3,(H,18,19). The summed E-state index contributed by atoms with van der Waals surface area (Å²) >= 11 is 2.93. The van der Waals surface area contributed by atoms with Gasteiger partial charge in [0.15, 0.2) is 0 Å². The van der Waals surface area contributed by atoms with Crippen LogP contribution >= 0.6 is 15.9 Å². The van der Waals surface area contributed by atoms with Gasteiger partial charge in [-0.05, 0) is 32.0 Å². The van der Waals surface area contributed by atoms with Crippen LogP contribution in [0.2, 0.25) is 0 Å². The summed E-state index contributed by atoms with van der Waals surface area (Å²) in [6.45, 7) is 3.86. The van der Waals surface area contributed by atoms with Crippen molar-refractivity contribution in [2.24, 2.45) is 0 Å². The molecule has 0 atom stereocenters. The lowest BCUT2D eigenvalue weighted by atomic mass is 10.2. The topological polar surface area (TPSA) is 29.9 Å². The molecule has 1 aromatic heterocycles. The number of aromatic nitrogens is 2. The number of anilines is 1. The Kier molecular flexibility index (Phi) is 4.08. The fourth-order valence-corrected chi connectivity index (χ4v) is 2.23. The Bertz CT molecular complexity index is 605. The molecule has 0 aliphatic heterocycles. The Hall–Kier alpha value is -1.50. The van der Waals surface area contributed by atoms with Crippen LogP contribution in [0.4, 0.5) is 19.1 Å². The average molecular weight is 348 g/mol. The minimum absolute atomic E-state index is 0.0206. The first kappa shape index (κ1) is 14.9. The number of hydrogen-bond donors (Lipinski definition) is 1. The number of hydrogen-bond acceptors (Lipinski definition) is 2. The lowest BCUT2D eigenvalue weighted by molar-refractivity contribution is -0.138. The maximum absolute atomic E-state index is 12.9. The van der Waals surface area contributed by atoms with Gasteiger partial charge in [0, 0.05) is 28.6 Å². The molecule has 1 N–H and O–H groups in total. The number of imidazole rings is 1. The van der Waals surface area contributed by atoms with E-state index in [1.807, 2.05) is 13.8 Å². The molecule has 0 bridgehead atoms. The normalized spacial score (nSPS) is 11.9. The highest BCUT2D eigenvalue weighted by molar-refractivity contribution is 9.10. The lowest BCUT2D eigenvalue weighted by Crippen LogP contribution is -2.14. The average Bonchev–Trinajstić information content (AvgIpc) is 2.75. The van der Waals surface area contributed by atoms with E-state index in [9.17, 15) is 13.2 Å². The molecule has 7 heteroatoms. The Labute approximate surface area is 123 Å². The fraction of sp³-hybridized carbons (Fsp3) is 0.308. The van der Waals surface area contributed by atoms with Crippen molar-refractivity contribution in [3.8, 4) is 5.69 Å². The van der Waals surface area contributed by atoms with E-state index in [1.165, 1.54) is 6.07 Å². The zero-order valence-corrected chi connectivity index (χ0v) is 12.5. The van der Waals surface area contributed by atoms with Crippen LogP contribution in [-0.2, 0) is 6.18 Å². The molecule has 3 nitrogen and oxygen atoms in total. The molecule has 0 spiro atoms. The first-order valence-electron chi connectivity index (χ1n) is 5.96. The van der Waals surface area contributed by atoms with E-state index in [0.29, 0.717) is 11.6 Å². The van der Waals surface area contributed by atoms with Gasteiger partial charge in [-0.3, -0.25) is 4.57 Å². The summed E-state index contributed by atoms with van der Waals surface area (Å²) in [5.74, 6) is 0.510. The van der Waals surface area contributed by atoms with Gasteiger partial charge in [-0.2, -0.15) is 13.2 Å². The second kappa shape index (κ2) is 5.47. The van der Waals surface area contributed by atoms with E-state index in [0.717, 1.165) is 6.07 Å². The van der Waals surface area contributed by atoms with Crippen LogP contribution in [0.25, 0.3) is 5.69 Å². The molecule has 0 radical (unpaired) electrons. The van der Waals surface area contributed by atoms with E-state index < -0.39 is 11.7 Å². The molecule has 1 heterocycles. The summed E-state index contributed by atoms with van der Waals surface area (Å²) in [6.07, 6.45) is -1.24. The van der Waals surface area contributed by atoms with Crippen molar-refractivity contribution in [3.05, 3.63) is 40.6 Å². The summed E-state index contributed by atoms with van der Waals surface area (Å²) in [7, 11) is 0. The highest BCUT2D eigenvalue weighted by Gasteiger charge is 2.33. The molecule has 1 aromatic carbocycles. The first-order chi connectivity index (χ1) is 9.29. The minimum Gasteiger partial charge on any atom is -0.353 e. The molecule has 2 rings (SSSR count). The van der Waals surface area contributed by atoms with Crippen LogP contribution in [0.1, 0.15) is 19.4 Å². The van der Waals surface area contributed by atoms with Gasteiger partial charge in [-0.25, -0.2) is 4.98 Å². The van der Waals surface area contributed by atoms with Crippen molar-refractivity contribution in [2.45, 2.75) is 26.1 Å². The molecular formula is C13H13BrF3N3. The van der Waals surface area contributed by atoms with Crippen molar-refractivity contribution in [1.82, 2.24) is 9.55 Å². The second-order valence-corrected chi connectivity index (χ2v) is 5.44. The Morgan fingerprint density at radius 1 is 1.30 bits per heavy atom. The van der Waals surface area contributed by atoms with E-state index >= 15 is 0 Å². The highest BCUT2D eigenvalue weighted by Crippen LogP contribution is 2.36. The molecule has 20 heavy (non-hydrogen) atoms. The molecule has 0 aliphatic rings. The van der Waals surface area contributed by atoms with E-state index in [2.05, 4.69) is 26.2 Å². The number of halogens is 4. The minimum atomic E-state index is -4.40. The summed E-state index contributed by atoms with van der Waals surface area (Å²) < 4.78 is 40.3. The number of alkyl halides is 3. The summed E-state index contributed by atoms with van der Waals surface area (Å²) in [5.41, 5.74) is -0.305. The third-order valence-corrected chi connectivity index (χ3v) is 3.28. The molecule has 0 aliphatic carbocycles. The third kappa shape index (κ3) is 3.15. The van der Waals surface area contributed by atoms with Crippen molar-refractivity contribution in [2.75, 3.05) is 5.32 Å². The summed E-state index contributed by atoms with van der Waals surface area (Å²) in [5, 5.41) is 3.08. The van der Waals surface area contributed by atoms with Gasteiger partial charge in [0.1, 0.15) is 0 Å². The third-order valence-electron chi connectivity index (χ3n) is 2.59. The van der Waals surface area contributed by atoms with Gasteiger partial charge in [0.25, 0.3) is 0 Å². The zero-order chi connectivity index (χ0) is 14.9. The molecule has 0 fully saturated rings. The molecule has 0 amide bonds. The SMILES string of the molecule is CC(C)Nc1nccn1-c1ccc(Br)c(C(F)(F)F)c1. The lowest BCUT2D eigenvalue weighted by Gasteiger charge is -2.15. The summed E-state index contributed by atoms with van der Waals surface area (Å²) in [6, 6.07) is 4.22. The maximum Gasteiger partial charge on any atom is 0.417 e. The zero-order valence-electron chi connectivity index (χ0n) is 10.9. The maximum atomic E-state index is 12.9. The van der Waals surface area contributed by atoms with Crippen molar-refractivity contribution in [3.63, 3.8) is 0 Å². The van der Waals surface area contributed by atoms with Gasteiger partial charge in [0.05, 0.1) is 5.56 Å².